The Balaban J connectivity index is 1.95. The van der Waals surface area contributed by atoms with Crippen molar-refractivity contribution in [2.45, 2.75) is 26.5 Å². The van der Waals surface area contributed by atoms with Gasteiger partial charge >= 0.3 is 0 Å². The first-order valence-electron chi connectivity index (χ1n) is 7.59. The van der Waals surface area contributed by atoms with Crippen LogP contribution in [0.15, 0.2) is 42.5 Å². The Morgan fingerprint density at radius 2 is 2.05 bits per heavy atom. The van der Waals surface area contributed by atoms with E-state index in [1.165, 1.54) is 6.07 Å². The van der Waals surface area contributed by atoms with Crippen LogP contribution in [0.5, 0.6) is 5.75 Å². The van der Waals surface area contributed by atoms with E-state index in [-0.39, 0.29) is 11.9 Å². The molecule has 0 bridgehead atoms. The number of hydrogen-bond donors (Lipinski definition) is 1. The lowest BCUT2D eigenvalue weighted by molar-refractivity contribution is 0.145. The molecule has 1 unspecified atom stereocenters. The largest absolute Gasteiger partial charge is 0.486 e. The molecule has 1 aliphatic heterocycles. The van der Waals surface area contributed by atoms with Crippen molar-refractivity contribution in [2.24, 2.45) is 5.92 Å². The summed E-state index contributed by atoms with van der Waals surface area (Å²) in [6.45, 7) is 5.64. The van der Waals surface area contributed by atoms with Gasteiger partial charge in [0.15, 0.2) is 0 Å². The van der Waals surface area contributed by atoms with Crippen LogP contribution >= 0.6 is 0 Å². The van der Waals surface area contributed by atoms with E-state index < -0.39 is 0 Å². The molecule has 1 aliphatic rings. The molecular formula is C18H21FN2O. The number of fused-ring (bicyclic) bond motifs is 1. The Morgan fingerprint density at radius 3 is 2.77 bits per heavy atom. The Morgan fingerprint density at radius 1 is 1.27 bits per heavy atom. The van der Waals surface area contributed by atoms with Gasteiger partial charge in [0.2, 0.25) is 0 Å². The van der Waals surface area contributed by atoms with Crippen LogP contribution in [0.4, 0.5) is 15.8 Å². The molecule has 0 saturated heterocycles. The highest BCUT2D eigenvalue weighted by Gasteiger charge is 2.29. The fourth-order valence-electron chi connectivity index (χ4n) is 2.83. The molecule has 2 aromatic rings. The highest BCUT2D eigenvalue weighted by molar-refractivity contribution is 5.75. The fourth-order valence-corrected chi connectivity index (χ4v) is 2.83. The van der Waals surface area contributed by atoms with Gasteiger partial charge < -0.3 is 15.4 Å². The van der Waals surface area contributed by atoms with Crippen molar-refractivity contribution in [3.05, 3.63) is 53.8 Å². The van der Waals surface area contributed by atoms with Crippen molar-refractivity contribution >= 4 is 11.4 Å². The predicted octanol–water partition coefficient (Wildman–Crippen LogP) is 3.83. The highest BCUT2D eigenvalue weighted by Crippen LogP contribution is 2.40. The maximum atomic E-state index is 13.4. The van der Waals surface area contributed by atoms with Gasteiger partial charge in [-0.3, -0.25) is 0 Å². The van der Waals surface area contributed by atoms with E-state index in [2.05, 4.69) is 18.7 Å². The van der Waals surface area contributed by atoms with Gasteiger partial charge in [0, 0.05) is 6.54 Å². The van der Waals surface area contributed by atoms with Crippen molar-refractivity contribution in [1.82, 2.24) is 0 Å². The van der Waals surface area contributed by atoms with E-state index in [4.69, 9.17) is 10.5 Å². The highest BCUT2D eigenvalue weighted by atomic mass is 19.1. The summed E-state index contributed by atoms with van der Waals surface area (Å²) in [5.74, 6) is 0.985. The van der Waals surface area contributed by atoms with Crippen LogP contribution < -0.4 is 15.4 Å². The van der Waals surface area contributed by atoms with Gasteiger partial charge in [-0.1, -0.05) is 32.0 Å². The first-order valence-corrected chi connectivity index (χ1v) is 7.59. The van der Waals surface area contributed by atoms with E-state index in [1.807, 2.05) is 24.3 Å². The smallest absolute Gasteiger partial charge is 0.145 e. The number of nitrogens with zero attached hydrogens (tertiary/aromatic N) is 1. The van der Waals surface area contributed by atoms with E-state index in [0.29, 0.717) is 18.2 Å². The number of para-hydroxylation sites is 1. The molecule has 22 heavy (non-hydrogen) atoms. The molecule has 0 fully saturated rings. The van der Waals surface area contributed by atoms with E-state index in [0.717, 1.165) is 23.5 Å². The van der Waals surface area contributed by atoms with Gasteiger partial charge in [0.25, 0.3) is 0 Å². The van der Waals surface area contributed by atoms with Crippen LogP contribution in [0.3, 0.4) is 0 Å². The number of nitrogen functional groups attached to an aromatic ring is 1. The van der Waals surface area contributed by atoms with Gasteiger partial charge in [-0.05, 0) is 35.7 Å². The minimum atomic E-state index is -0.215. The van der Waals surface area contributed by atoms with Gasteiger partial charge in [-0.2, -0.15) is 0 Å². The second-order valence-electron chi connectivity index (χ2n) is 6.10. The monoisotopic (exact) mass is 300 g/mol. The second kappa shape index (κ2) is 5.87. The number of rotatable bonds is 3. The Hall–Kier alpha value is -2.23. The molecule has 0 radical (unpaired) electrons. The summed E-state index contributed by atoms with van der Waals surface area (Å²) in [5.41, 5.74) is 8.67. The second-order valence-corrected chi connectivity index (χ2v) is 6.10. The maximum absolute atomic E-state index is 13.4. The molecule has 0 saturated carbocycles. The summed E-state index contributed by atoms with van der Waals surface area (Å²) in [4.78, 5) is 2.19. The fraction of sp³-hybridized carbons (Fsp3) is 0.333. The summed E-state index contributed by atoms with van der Waals surface area (Å²) in [7, 11) is 0. The van der Waals surface area contributed by atoms with Gasteiger partial charge in [0.1, 0.15) is 23.4 Å². The van der Waals surface area contributed by atoms with Crippen LogP contribution in [0, 0.1) is 11.7 Å². The summed E-state index contributed by atoms with van der Waals surface area (Å²) in [6, 6.07) is 12.4. The zero-order valence-electron chi connectivity index (χ0n) is 12.9. The van der Waals surface area contributed by atoms with Crippen molar-refractivity contribution < 1.29 is 9.13 Å². The molecule has 4 heteroatoms. The molecule has 3 rings (SSSR count). The van der Waals surface area contributed by atoms with Crippen molar-refractivity contribution in [2.75, 3.05) is 17.2 Å². The normalized spacial score (nSPS) is 17.3. The summed E-state index contributed by atoms with van der Waals surface area (Å²) in [5, 5.41) is 0. The number of benzene rings is 2. The summed E-state index contributed by atoms with van der Waals surface area (Å²) in [6.07, 6.45) is 0.0999. The summed E-state index contributed by atoms with van der Waals surface area (Å²) < 4.78 is 19.5. The third-order valence-electron chi connectivity index (χ3n) is 4.03. The molecule has 1 heterocycles. The average molecular weight is 300 g/mol. The Labute approximate surface area is 130 Å². The summed E-state index contributed by atoms with van der Waals surface area (Å²) >= 11 is 0. The molecule has 0 amide bonds. The molecule has 116 valence electrons. The van der Waals surface area contributed by atoms with Crippen LogP contribution in [-0.4, -0.2) is 12.6 Å². The van der Waals surface area contributed by atoms with Crippen molar-refractivity contribution in [3.63, 3.8) is 0 Å². The molecule has 3 nitrogen and oxygen atoms in total. The number of anilines is 2. The lowest BCUT2D eigenvalue weighted by atomic mass is 10.0. The van der Waals surface area contributed by atoms with Gasteiger partial charge in [0.05, 0.1) is 12.2 Å². The number of ether oxygens (including phenoxy) is 1. The van der Waals surface area contributed by atoms with Gasteiger partial charge in [-0.15, -0.1) is 0 Å². The third kappa shape index (κ3) is 2.86. The lowest BCUT2D eigenvalue weighted by Gasteiger charge is -2.38. The lowest BCUT2D eigenvalue weighted by Crippen LogP contribution is -2.42. The van der Waals surface area contributed by atoms with Crippen LogP contribution in [0.25, 0.3) is 0 Å². The minimum absolute atomic E-state index is 0.0999. The standard InChI is InChI=1S/C18H21FN2O/c1-12(2)17-11-21(10-13-5-3-6-14(19)9-13)18-15(20)7-4-8-16(18)22-17/h3-9,12,17H,10-11,20H2,1-2H3. The topological polar surface area (TPSA) is 38.5 Å². The third-order valence-corrected chi connectivity index (χ3v) is 4.03. The predicted molar refractivity (Wildman–Crippen MR) is 87.6 cm³/mol. The average Bonchev–Trinajstić information content (AvgIpc) is 2.47. The molecular weight excluding hydrogens is 279 g/mol. The van der Waals surface area contributed by atoms with Crippen LogP contribution in [0.2, 0.25) is 0 Å². The maximum Gasteiger partial charge on any atom is 0.145 e. The zero-order valence-corrected chi connectivity index (χ0v) is 12.9. The quantitative estimate of drug-likeness (QED) is 0.876. The number of nitrogens with two attached hydrogens (primary N) is 1. The van der Waals surface area contributed by atoms with E-state index in [9.17, 15) is 4.39 Å². The molecule has 1 atom stereocenters. The zero-order chi connectivity index (χ0) is 15.7. The first kappa shape index (κ1) is 14.7. The van der Waals surface area contributed by atoms with E-state index in [1.54, 1.807) is 12.1 Å². The molecule has 0 spiro atoms. The Kier molecular flexibility index (Phi) is 3.92. The first-order chi connectivity index (χ1) is 10.5. The van der Waals surface area contributed by atoms with Crippen molar-refractivity contribution in [3.8, 4) is 5.75 Å². The van der Waals surface area contributed by atoms with Gasteiger partial charge in [-0.25, -0.2) is 4.39 Å². The molecule has 2 N–H and O–H groups in total. The van der Waals surface area contributed by atoms with Crippen LogP contribution in [-0.2, 0) is 6.54 Å². The minimum Gasteiger partial charge on any atom is -0.486 e. The molecule has 2 aromatic carbocycles. The van der Waals surface area contributed by atoms with Crippen LogP contribution in [0.1, 0.15) is 19.4 Å². The number of halogens is 1. The SMILES string of the molecule is CC(C)C1CN(Cc2cccc(F)c2)c2c(N)cccc2O1. The molecule has 0 aliphatic carbocycles. The van der Waals surface area contributed by atoms with E-state index >= 15 is 0 Å². The Bertz CT molecular complexity index is 672. The number of hydrogen-bond acceptors (Lipinski definition) is 3. The van der Waals surface area contributed by atoms with Crippen molar-refractivity contribution in [1.29, 1.82) is 0 Å². The molecule has 0 aromatic heterocycles.